The summed E-state index contributed by atoms with van der Waals surface area (Å²) in [6.45, 7) is 6.39. The van der Waals surface area contributed by atoms with Crippen LogP contribution in [-0.4, -0.2) is 63.5 Å². The fraction of sp³-hybridized carbons (Fsp3) is 0.400. The summed E-state index contributed by atoms with van der Waals surface area (Å²) in [6, 6.07) is 11.2. The molecular formula is C20H26N6O3S. The van der Waals surface area contributed by atoms with Crippen LogP contribution in [0.25, 0.3) is 5.69 Å². The molecular weight excluding hydrogens is 404 g/mol. The number of carbonyl (C=O) groups excluding carboxylic acids is 1. The molecule has 1 unspecified atom stereocenters. The Morgan fingerprint density at radius 2 is 2.03 bits per heavy atom. The Morgan fingerprint density at radius 3 is 2.67 bits per heavy atom. The maximum absolute atomic E-state index is 12.5. The molecule has 1 aromatic carbocycles. The van der Waals surface area contributed by atoms with Crippen LogP contribution in [0, 0.1) is 0 Å². The Balaban J connectivity index is 1.57. The molecule has 0 saturated heterocycles. The van der Waals surface area contributed by atoms with Crippen LogP contribution in [0.1, 0.15) is 25.6 Å². The first-order chi connectivity index (χ1) is 14.7. The monoisotopic (exact) mass is 430 g/mol. The number of tetrazole rings is 1. The summed E-state index contributed by atoms with van der Waals surface area (Å²) in [6.07, 6.45) is 1.66. The van der Waals surface area contributed by atoms with Crippen molar-refractivity contribution in [1.29, 1.82) is 0 Å². The number of carbonyl (C=O) groups is 1. The highest BCUT2D eigenvalue weighted by molar-refractivity contribution is 7.99. The number of likely N-dealkylation sites (N-methyl/N-ethyl adjacent to an activating group) is 1. The molecule has 0 aliphatic carbocycles. The third-order valence-electron chi connectivity index (χ3n) is 4.71. The lowest BCUT2D eigenvalue weighted by Gasteiger charge is -2.28. The Morgan fingerprint density at radius 1 is 1.27 bits per heavy atom. The second kappa shape index (κ2) is 10.8. The van der Waals surface area contributed by atoms with E-state index in [1.165, 1.54) is 11.8 Å². The van der Waals surface area contributed by atoms with E-state index >= 15 is 0 Å². The topological polar surface area (TPSA) is 98.3 Å². The van der Waals surface area contributed by atoms with Gasteiger partial charge in [-0.1, -0.05) is 25.6 Å². The highest BCUT2D eigenvalue weighted by atomic mass is 32.2. The number of amides is 1. The average molecular weight is 431 g/mol. The molecule has 10 heteroatoms. The largest absolute Gasteiger partial charge is 0.497 e. The van der Waals surface area contributed by atoms with Gasteiger partial charge in [-0.05, 0) is 59.9 Å². The smallest absolute Gasteiger partial charge is 0.230 e. The fourth-order valence-electron chi connectivity index (χ4n) is 3.10. The maximum atomic E-state index is 12.5. The minimum Gasteiger partial charge on any atom is -0.497 e. The van der Waals surface area contributed by atoms with E-state index in [-0.39, 0.29) is 17.7 Å². The van der Waals surface area contributed by atoms with Crippen LogP contribution in [0.15, 0.2) is 52.2 Å². The lowest BCUT2D eigenvalue weighted by Crippen LogP contribution is -2.38. The number of rotatable bonds is 11. The van der Waals surface area contributed by atoms with E-state index in [0.29, 0.717) is 11.7 Å². The zero-order valence-corrected chi connectivity index (χ0v) is 18.1. The summed E-state index contributed by atoms with van der Waals surface area (Å²) in [7, 11) is 1.61. The van der Waals surface area contributed by atoms with Gasteiger partial charge in [-0.3, -0.25) is 9.69 Å². The van der Waals surface area contributed by atoms with Crippen molar-refractivity contribution in [1.82, 2.24) is 30.4 Å². The third-order valence-corrected chi connectivity index (χ3v) is 5.63. The molecule has 0 radical (unpaired) electrons. The van der Waals surface area contributed by atoms with Crippen LogP contribution in [0.2, 0.25) is 0 Å². The maximum Gasteiger partial charge on any atom is 0.230 e. The van der Waals surface area contributed by atoms with E-state index in [1.807, 2.05) is 36.4 Å². The van der Waals surface area contributed by atoms with Crippen molar-refractivity contribution in [2.75, 3.05) is 32.5 Å². The third kappa shape index (κ3) is 5.39. The lowest BCUT2D eigenvalue weighted by atomic mass is 10.2. The molecule has 0 aliphatic rings. The van der Waals surface area contributed by atoms with Gasteiger partial charge in [0.2, 0.25) is 11.1 Å². The zero-order chi connectivity index (χ0) is 21.3. The molecule has 1 atom stereocenters. The average Bonchev–Trinajstić information content (AvgIpc) is 3.47. The first kappa shape index (κ1) is 21.8. The number of ether oxygens (including phenoxy) is 1. The van der Waals surface area contributed by atoms with E-state index < -0.39 is 0 Å². The van der Waals surface area contributed by atoms with Gasteiger partial charge in [0.15, 0.2) is 0 Å². The molecule has 3 aromatic rings. The molecule has 2 aromatic heterocycles. The molecule has 160 valence electrons. The number of aromatic nitrogens is 4. The molecule has 2 heterocycles. The van der Waals surface area contributed by atoms with Crippen LogP contribution in [0.3, 0.4) is 0 Å². The van der Waals surface area contributed by atoms with E-state index in [0.717, 1.165) is 30.3 Å². The normalized spacial score (nSPS) is 12.1. The van der Waals surface area contributed by atoms with Gasteiger partial charge in [-0.2, -0.15) is 4.68 Å². The van der Waals surface area contributed by atoms with Crippen LogP contribution < -0.4 is 10.1 Å². The highest BCUT2D eigenvalue weighted by Crippen LogP contribution is 2.22. The molecule has 1 N–H and O–H groups in total. The number of furan rings is 1. The molecule has 9 nitrogen and oxygen atoms in total. The Labute approximate surface area is 179 Å². The quantitative estimate of drug-likeness (QED) is 0.464. The highest BCUT2D eigenvalue weighted by Gasteiger charge is 2.21. The van der Waals surface area contributed by atoms with Gasteiger partial charge in [-0.15, -0.1) is 5.10 Å². The molecule has 0 saturated carbocycles. The van der Waals surface area contributed by atoms with Gasteiger partial charge >= 0.3 is 0 Å². The van der Waals surface area contributed by atoms with Crippen molar-refractivity contribution < 1.29 is 13.9 Å². The predicted molar refractivity (Wildman–Crippen MR) is 114 cm³/mol. The zero-order valence-electron chi connectivity index (χ0n) is 17.3. The summed E-state index contributed by atoms with van der Waals surface area (Å²) in [5.74, 6) is 1.71. The van der Waals surface area contributed by atoms with Crippen LogP contribution in [0.5, 0.6) is 5.75 Å². The minimum atomic E-state index is -0.0898. The van der Waals surface area contributed by atoms with Gasteiger partial charge in [0.05, 0.1) is 30.9 Å². The number of nitrogens with zero attached hydrogens (tertiary/aromatic N) is 5. The van der Waals surface area contributed by atoms with E-state index in [9.17, 15) is 4.79 Å². The minimum absolute atomic E-state index is 0.00595. The summed E-state index contributed by atoms with van der Waals surface area (Å²) in [5.41, 5.74) is 0.795. The lowest BCUT2D eigenvalue weighted by molar-refractivity contribution is -0.118. The summed E-state index contributed by atoms with van der Waals surface area (Å²) >= 11 is 1.28. The Kier molecular flexibility index (Phi) is 7.86. The number of hydrogen-bond acceptors (Lipinski definition) is 8. The van der Waals surface area contributed by atoms with E-state index in [1.54, 1.807) is 18.1 Å². The second-order valence-corrected chi connectivity index (χ2v) is 7.36. The Hall–Kier alpha value is -2.85. The van der Waals surface area contributed by atoms with Crippen LogP contribution >= 0.6 is 11.8 Å². The molecule has 0 spiro atoms. The molecule has 0 bridgehead atoms. The molecule has 30 heavy (non-hydrogen) atoms. The van der Waals surface area contributed by atoms with Crippen molar-refractivity contribution in [3.8, 4) is 11.4 Å². The van der Waals surface area contributed by atoms with Gasteiger partial charge in [-0.25, -0.2) is 0 Å². The predicted octanol–water partition coefficient (Wildman–Crippen LogP) is 2.56. The standard InChI is InChI=1S/C20H26N6O3S/c1-4-25(5-2)17(18-7-6-12-29-18)13-21-19(27)14-30-20-22-23-24-26(20)15-8-10-16(28-3)11-9-15/h6-12,17H,4-5,13-14H2,1-3H3,(H,21,27). The molecule has 1 amide bonds. The number of thioether (sulfide) groups is 1. The van der Waals surface area contributed by atoms with Crippen molar-refractivity contribution in [2.24, 2.45) is 0 Å². The molecule has 3 rings (SSSR count). The van der Waals surface area contributed by atoms with Crippen LogP contribution in [-0.2, 0) is 4.79 Å². The fourth-order valence-corrected chi connectivity index (χ4v) is 3.82. The molecule has 0 fully saturated rings. The van der Waals surface area contributed by atoms with Crippen molar-refractivity contribution in [2.45, 2.75) is 25.0 Å². The van der Waals surface area contributed by atoms with E-state index in [4.69, 9.17) is 9.15 Å². The second-order valence-electron chi connectivity index (χ2n) is 6.42. The summed E-state index contributed by atoms with van der Waals surface area (Å²) in [5, 5.41) is 15.3. The van der Waals surface area contributed by atoms with E-state index in [2.05, 4.69) is 39.6 Å². The summed E-state index contributed by atoms with van der Waals surface area (Å²) in [4.78, 5) is 14.7. The van der Waals surface area contributed by atoms with Gasteiger partial charge < -0.3 is 14.5 Å². The molecule has 0 aliphatic heterocycles. The SMILES string of the molecule is CCN(CC)C(CNC(=O)CSc1nnnn1-c1ccc(OC)cc1)c1ccco1. The van der Waals surface area contributed by atoms with Crippen molar-refractivity contribution in [3.63, 3.8) is 0 Å². The number of methoxy groups -OCH3 is 1. The number of benzene rings is 1. The summed E-state index contributed by atoms with van der Waals surface area (Å²) < 4.78 is 12.3. The van der Waals surface area contributed by atoms with Crippen molar-refractivity contribution in [3.05, 3.63) is 48.4 Å². The first-order valence-electron chi connectivity index (χ1n) is 9.76. The first-order valence-corrected chi connectivity index (χ1v) is 10.7. The Bertz CT molecular complexity index is 909. The van der Waals surface area contributed by atoms with Gasteiger partial charge in [0.25, 0.3) is 0 Å². The van der Waals surface area contributed by atoms with Crippen molar-refractivity contribution >= 4 is 17.7 Å². The van der Waals surface area contributed by atoms with Gasteiger partial charge in [0, 0.05) is 6.54 Å². The van der Waals surface area contributed by atoms with Crippen LogP contribution in [0.4, 0.5) is 0 Å². The number of nitrogens with one attached hydrogen (secondary N) is 1. The van der Waals surface area contributed by atoms with Gasteiger partial charge in [0.1, 0.15) is 11.5 Å². The number of hydrogen-bond donors (Lipinski definition) is 1.